The number of ketones is 1. The first-order valence-electron chi connectivity index (χ1n) is 11.9. The van der Waals surface area contributed by atoms with E-state index in [1.54, 1.807) is 18.5 Å². The van der Waals surface area contributed by atoms with Crippen molar-refractivity contribution in [3.63, 3.8) is 0 Å². The van der Waals surface area contributed by atoms with Gasteiger partial charge in [0.25, 0.3) is 0 Å². The zero-order valence-electron chi connectivity index (χ0n) is 21.9. The Bertz CT molecular complexity index is 1430. The van der Waals surface area contributed by atoms with E-state index in [2.05, 4.69) is 9.97 Å². The van der Waals surface area contributed by atoms with E-state index >= 15 is 0 Å². The van der Waals surface area contributed by atoms with Crippen molar-refractivity contribution in [2.45, 2.75) is 20.2 Å². The second-order valence-corrected chi connectivity index (χ2v) is 6.34. The summed E-state index contributed by atoms with van der Waals surface area (Å²) in [4.78, 5) is 21.6. The standard InChI is InChI=1S/C23H21N3O/c1-15-4-6-17(7-5-15)23(27)12-21-11-20-10-18(8-9-19(20)13-25-21)22-14-24-16(2)26(22)3/h4-11,13-14H,12H2,1-3H3/i1D3,4D,5D,6D,7D. The average Bonchev–Trinajstić information content (AvgIpc) is 3.09. The molecule has 2 aromatic heterocycles. The molecular weight excluding hydrogens is 334 g/mol. The molecule has 0 saturated heterocycles. The summed E-state index contributed by atoms with van der Waals surface area (Å²) in [5.74, 6) is 0.208. The lowest BCUT2D eigenvalue weighted by Gasteiger charge is -2.07. The van der Waals surface area contributed by atoms with Gasteiger partial charge in [0.15, 0.2) is 5.78 Å². The van der Waals surface area contributed by atoms with Gasteiger partial charge in [-0.3, -0.25) is 9.78 Å². The van der Waals surface area contributed by atoms with Gasteiger partial charge in [-0.1, -0.05) is 41.9 Å². The summed E-state index contributed by atoms with van der Waals surface area (Å²) in [7, 11) is 1.92. The Balaban J connectivity index is 1.72. The molecule has 0 N–H and O–H groups in total. The molecule has 0 amide bonds. The van der Waals surface area contributed by atoms with Gasteiger partial charge in [-0.25, -0.2) is 4.98 Å². The van der Waals surface area contributed by atoms with E-state index in [0.29, 0.717) is 5.69 Å². The molecule has 4 nitrogen and oxygen atoms in total. The van der Waals surface area contributed by atoms with Crippen molar-refractivity contribution in [3.05, 3.63) is 83.5 Å². The molecule has 2 heterocycles. The first-order chi connectivity index (χ1) is 15.9. The first kappa shape index (κ1) is 10.8. The maximum absolute atomic E-state index is 13.0. The summed E-state index contributed by atoms with van der Waals surface area (Å²) in [5.41, 5.74) is 1.14. The van der Waals surface area contributed by atoms with Gasteiger partial charge in [0, 0.05) is 39.6 Å². The molecule has 0 aliphatic rings. The van der Waals surface area contributed by atoms with E-state index in [1.807, 2.05) is 36.7 Å². The molecule has 0 aliphatic heterocycles. The maximum atomic E-state index is 13.0. The van der Waals surface area contributed by atoms with E-state index in [0.717, 1.165) is 27.9 Å². The monoisotopic (exact) mass is 362 g/mol. The minimum Gasteiger partial charge on any atom is -0.331 e. The van der Waals surface area contributed by atoms with Crippen molar-refractivity contribution < 1.29 is 14.4 Å². The number of benzene rings is 2. The molecule has 0 aliphatic carbocycles. The number of Topliss-reactive ketones (excluding diaryl/α,β-unsaturated/α-hetero) is 1. The lowest BCUT2D eigenvalue weighted by Crippen LogP contribution is -2.05. The average molecular weight is 362 g/mol. The first-order valence-corrected chi connectivity index (χ1v) is 8.41. The van der Waals surface area contributed by atoms with Crippen molar-refractivity contribution in [2.24, 2.45) is 7.05 Å². The van der Waals surface area contributed by atoms with Crippen LogP contribution >= 0.6 is 0 Å². The predicted octanol–water partition coefficient (Wildman–Crippen LogP) is 4.68. The fourth-order valence-electron chi connectivity index (χ4n) is 2.92. The summed E-state index contributed by atoms with van der Waals surface area (Å²) in [5, 5.41) is 1.71. The van der Waals surface area contributed by atoms with Crippen LogP contribution in [0.25, 0.3) is 22.0 Å². The van der Waals surface area contributed by atoms with Crippen LogP contribution in [0, 0.1) is 13.8 Å². The molecule has 0 unspecified atom stereocenters. The summed E-state index contributed by atoms with van der Waals surface area (Å²) in [6.07, 6.45) is 3.16. The zero-order valence-corrected chi connectivity index (χ0v) is 14.9. The van der Waals surface area contributed by atoms with Gasteiger partial charge in [0.2, 0.25) is 0 Å². The van der Waals surface area contributed by atoms with Gasteiger partial charge in [-0.15, -0.1) is 0 Å². The number of aryl methyl sites for hydroxylation is 1. The Hall–Kier alpha value is -3.27. The third kappa shape index (κ3) is 3.38. The van der Waals surface area contributed by atoms with Crippen LogP contribution < -0.4 is 0 Å². The molecule has 0 fully saturated rings. The largest absolute Gasteiger partial charge is 0.331 e. The van der Waals surface area contributed by atoms with E-state index in [9.17, 15) is 4.79 Å². The fourth-order valence-corrected chi connectivity index (χ4v) is 2.92. The molecule has 4 aromatic rings. The molecule has 134 valence electrons. The van der Waals surface area contributed by atoms with Crippen LogP contribution in [0.15, 0.2) is 60.8 Å². The van der Waals surface area contributed by atoms with Gasteiger partial charge >= 0.3 is 0 Å². The highest BCUT2D eigenvalue weighted by Gasteiger charge is 2.10. The second kappa shape index (κ2) is 6.80. The third-order valence-electron chi connectivity index (χ3n) is 4.54. The second-order valence-electron chi connectivity index (χ2n) is 6.34. The highest BCUT2D eigenvalue weighted by atomic mass is 16.1. The van der Waals surface area contributed by atoms with Crippen molar-refractivity contribution >= 4 is 16.6 Å². The van der Waals surface area contributed by atoms with Gasteiger partial charge in [0.1, 0.15) is 5.82 Å². The number of fused-ring (bicyclic) bond motifs is 1. The number of hydrogen-bond acceptors (Lipinski definition) is 3. The molecule has 0 atom stereocenters. The number of imidazole rings is 1. The van der Waals surface area contributed by atoms with Crippen molar-refractivity contribution in [1.29, 1.82) is 0 Å². The number of carbonyl (C=O) groups is 1. The zero-order chi connectivity index (χ0) is 24.9. The molecule has 0 radical (unpaired) electrons. The molecule has 4 heteroatoms. The van der Waals surface area contributed by atoms with Crippen molar-refractivity contribution in [3.8, 4) is 11.3 Å². The van der Waals surface area contributed by atoms with Gasteiger partial charge in [-0.2, -0.15) is 0 Å². The van der Waals surface area contributed by atoms with Crippen LogP contribution in [-0.4, -0.2) is 20.3 Å². The van der Waals surface area contributed by atoms with Gasteiger partial charge in [0.05, 0.1) is 23.8 Å². The highest BCUT2D eigenvalue weighted by Crippen LogP contribution is 2.25. The highest BCUT2D eigenvalue weighted by molar-refractivity contribution is 5.98. The van der Waals surface area contributed by atoms with Crippen LogP contribution in [-0.2, 0) is 13.5 Å². The van der Waals surface area contributed by atoms with Gasteiger partial charge in [-0.05, 0) is 31.3 Å². The summed E-state index contributed by atoms with van der Waals surface area (Å²) in [6, 6.07) is 4.80. The van der Waals surface area contributed by atoms with E-state index < -0.39 is 47.9 Å². The van der Waals surface area contributed by atoms with Crippen molar-refractivity contribution in [1.82, 2.24) is 14.5 Å². The summed E-state index contributed by atoms with van der Waals surface area (Å²) in [6.45, 7) is -0.917. The van der Waals surface area contributed by atoms with Gasteiger partial charge < -0.3 is 4.57 Å². The lowest BCUT2D eigenvalue weighted by atomic mass is 10.0. The molecular formula is C23H21N3O. The smallest absolute Gasteiger partial charge is 0.168 e. The third-order valence-corrected chi connectivity index (χ3v) is 4.54. The summed E-state index contributed by atoms with van der Waals surface area (Å²) >= 11 is 0. The lowest BCUT2D eigenvalue weighted by molar-refractivity contribution is 0.0992. The van der Waals surface area contributed by atoms with Crippen LogP contribution in [0.2, 0.25) is 0 Å². The Morgan fingerprint density at radius 2 is 1.93 bits per heavy atom. The summed E-state index contributed by atoms with van der Waals surface area (Å²) < 4.78 is 56.8. The Morgan fingerprint density at radius 3 is 2.63 bits per heavy atom. The quantitative estimate of drug-likeness (QED) is 0.495. The molecule has 4 rings (SSSR count). The van der Waals surface area contributed by atoms with Crippen LogP contribution in [0.5, 0.6) is 0 Å². The number of carbonyl (C=O) groups excluding carboxylic acids is 1. The molecule has 27 heavy (non-hydrogen) atoms. The number of rotatable bonds is 4. The number of nitrogens with zero attached hydrogens (tertiary/aromatic N) is 3. The fraction of sp³-hybridized carbons (Fsp3) is 0.174. The van der Waals surface area contributed by atoms with Crippen LogP contribution in [0.1, 0.15) is 37.0 Å². The SMILES string of the molecule is [2H]c1c([2H])c(C([2H])([2H])[2H])c([2H])c([2H])c1C(=O)Cc1cc2cc(-c3cnc(C)n3C)ccc2cn1. The molecule has 0 bridgehead atoms. The van der Waals surface area contributed by atoms with Crippen molar-refractivity contribution in [2.75, 3.05) is 0 Å². The minimum absolute atomic E-state index is 0.255. The van der Waals surface area contributed by atoms with E-state index in [1.165, 1.54) is 0 Å². The van der Waals surface area contributed by atoms with Crippen LogP contribution in [0.4, 0.5) is 0 Å². The molecule has 0 spiro atoms. The predicted molar refractivity (Wildman–Crippen MR) is 108 cm³/mol. The number of pyridine rings is 1. The van der Waals surface area contributed by atoms with E-state index in [-0.39, 0.29) is 6.42 Å². The number of hydrogen-bond donors (Lipinski definition) is 0. The van der Waals surface area contributed by atoms with E-state index in [4.69, 9.17) is 9.60 Å². The maximum Gasteiger partial charge on any atom is 0.168 e. The topological polar surface area (TPSA) is 47.8 Å². The molecule has 2 aromatic carbocycles. The Morgan fingerprint density at radius 1 is 1.11 bits per heavy atom. The number of aromatic nitrogens is 3. The minimum atomic E-state index is -2.83. The van der Waals surface area contributed by atoms with Crippen LogP contribution in [0.3, 0.4) is 0 Å². The Kier molecular flexibility index (Phi) is 2.71. The molecule has 0 saturated carbocycles. The normalized spacial score (nSPS) is 15.3. The Labute approximate surface area is 168 Å².